The molecular weight excluding hydrogens is 496 g/mol. The highest BCUT2D eigenvalue weighted by Gasteiger charge is 2.42. The molecule has 0 spiro atoms. The van der Waals surface area contributed by atoms with Crippen LogP contribution >= 0.6 is 11.3 Å². The number of carbonyl (C=O) groups excluding carboxylic acids is 1. The Morgan fingerprint density at radius 3 is 2.79 bits per heavy atom. The summed E-state index contributed by atoms with van der Waals surface area (Å²) in [6, 6.07) is 5.40. The molecule has 1 aliphatic carbocycles. The molecule has 1 saturated heterocycles. The summed E-state index contributed by atoms with van der Waals surface area (Å²) in [6.45, 7) is 8.16. The van der Waals surface area contributed by atoms with E-state index in [0.717, 1.165) is 58.8 Å². The van der Waals surface area contributed by atoms with Crippen LogP contribution in [-0.4, -0.2) is 47.7 Å². The normalized spacial score (nSPS) is 24.8. The number of phenolic OH excluding ortho intramolecular Hbond substituents is 1. The number of nitrogens with zero attached hydrogens (tertiary/aromatic N) is 1. The van der Waals surface area contributed by atoms with Gasteiger partial charge in [0.1, 0.15) is 11.5 Å². The van der Waals surface area contributed by atoms with Gasteiger partial charge in [-0.05, 0) is 75.3 Å². The van der Waals surface area contributed by atoms with E-state index in [1.54, 1.807) is 30.6 Å². The standard InChI is InChI=1S/C31H34N2O4S/c1-18-17-31(2,3)32-21-9-8-20-27(26(18)21)24(37-23-11-10-22(34)29(36-4)28(20)23)16-25-19(12-15-38-25)30(35)33-13-6-5-7-14-33/h8-12,15-17,21,26,32,34H,5-7,13-14H2,1-4H3/b24-16-. The number of rotatable bonds is 3. The number of ether oxygens (including phenoxy) is 2. The second-order valence-corrected chi connectivity index (χ2v) is 12.0. The van der Waals surface area contributed by atoms with Gasteiger partial charge in [-0.3, -0.25) is 4.79 Å². The number of benzene rings is 1. The Morgan fingerprint density at radius 2 is 2.03 bits per heavy atom. The summed E-state index contributed by atoms with van der Waals surface area (Å²) in [5.41, 5.74) is 4.60. The quantitative estimate of drug-likeness (QED) is 0.465. The van der Waals surface area contributed by atoms with Gasteiger partial charge < -0.3 is 24.8 Å². The zero-order valence-electron chi connectivity index (χ0n) is 22.3. The molecule has 4 aliphatic rings. The molecule has 1 amide bonds. The zero-order chi connectivity index (χ0) is 26.6. The van der Waals surface area contributed by atoms with E-state index in [9.17, 15) is 9.90 Å². The van der Waals surface area contributed by atoms with Crippen LogP contribution in [-0.2, 0) is 0 Å². The number of phenols is 1. The van der Waals surface area contributed by atoms with E-state index in [-0.39, 0.29) is 29.2 Å². The van der Waals surface area contributed by atoms with Gasteiger partial charge >= 0.3 is 0 Å². The molecule has 0 radical (unpaired) electrons. The molecule has 38 heavy (non-hydrogen) atoms. The summed E-state index contributed by atoms with van der Waals surface area (Å²) in [5, 5.41) is 16.3. The zero-order valence-corrected chi connectivity index (χ0v) is 23.2. The van der Waals surface area contributed by atoms with Gasteiger partial charge in [-0.2, -0.15) is 0 Å². The van der Waals surface area contributed by atoms with Crippen LogP contribution in [0, 0.1) is 5.92 Å². The van der Waals surface area contributed by atoms with Gasteiger partial charge in [-0.15, -0.1) is 11.3 Å². The molecule has 2 atom stereocenters. The van der Waals surface area contributed by atoms with Crippen molar-refractivity contribution in [1.82, 2.24) is 10.2 Å². The Labute approximate surface area is 228 Å². The SMILES string of the molecule is COc1c(O)ccc2c1C1=C(/C(=C/c3sccc3C(=O)N3CCCCC3)O2)C2C(C)=CC(C)(C)NC2C=C1. The van der Waals surface area contributed by atoms with Gasteiger partial charge in [0.05, 0.1) is 18.2 Å². The Balaban J connectivity index is 1.51. The molecule has 7 heteroatoms. The minimum absolute atomic E-state index is 0.0377. The number of aromatic hydroxyl groups is 1. The summed E-state index contributed by atoms with van der Waals surface area (Å²) >= 11 is 1.56. The van der Waals surface area contributed by atoms with Crippen LogP contribution in [0.5, 0.6) is 17.2 Å². The molecule has 2 unspecified atom stereocenters. The van der Waals surface area contributed by atoms with Gasteiger partial charge in [0.25, 0.3) is 5.91 Å². The van der Waals surface area contributed by atoms with Crippen molar-refractivity contribution in [2.45, 2.75) is 51.6 Å². The van der Waals surface area contributed by atoms with Crippen molar-refractivity contribution in [2.75, 3.05) is 20.2 Å². The number of carbonyl (C=O) groups is 1. The number of allylic oxidation sites excluding steroid dienone is 3. The molecule has 0 bridgehead atoms. The summed E-state index contributed by atoms with van der Waals surface area (Å²) in [7, 11) is 1.57. The number of thiophene rings is 1. The van der Waals surface area contributed by atoms with Crippen molar-refractivity contribution in [1.29, 1.82) is 0 Å². The van der Waals surface area contributed by atoms with Crippen LogP contribution in [0.3, 0.4) is 0 Å². The monoisotopic (exact) mass is 530 g/mol. The highest BCUT2D eigenvalue weighted by molar-refractivity contribution is 7.11. The maximum Gasteiger partial charge on any atom is 0.255 e. The number of amides is 1. The molecule has 1 aromatic carbocycles. The molecule has 2 N–H and O–H groups in total. The number of methoxy groups -OCH3 is 1. The van der Waals surface area contributed by atoms with E-state index in [4.69, 9.17) is 9.47 Å². The molecular formula is C31H34N2O4S. The summed E-state index contributed by atoms with van der Waals surface area (Å²) in [4.78, 5) is 16.3. The van der Waals surface area contributed by atoms with Gasteiger partial charge in [0.2, 0.25) is 0 Å². The Hall–Kier alpha value is -3.29. The number of fused-ring (bicyclic) bond motifs is 4. The molecule has 2 aromatic rings. The highest BCUT2D eigenvalue weighted by atomic mass is 32.1. The molecule has 0 saturated carbocycles. The first-order valence-electron chi connectivity index (χ1n) is 13.3. The molecule has 4 heterocycles. The van der Waals surface area contributed by atoms with Crippen LogP contribution < -0.4 is 14.8 Å². The van der Waals surface area contributed by atoms with Gasteiger partial charge in [-0.25, -0.2) is 0 Å². The van der Waals surface area contributed by atoms with Crippen molar-refractivity contribution < 1.29 is 19.4 Å². The van der Waals surface area contributed by atoms with E-state index in [2.05, 4.69) is 44.3 Å². The molecule has 1 fully saturated rings. The van der Waals surface area contributed by atoms with Crippen LogP contribution in [0.1, 0.15) is 60.8 Å². The van der Waals surface area contributed by atoms with Gasteiger partial charge in [-0.1, -0.05) is 23.8 Å². The van der Waals surface area contributed by atoms with Crippen LogP contribution in [0.4, 0.5) is 0 Å². The lowest BCUT2D eigenvalue weighted by molar-refractivity contribution is 0.0724. The van der Waals surface area contributed by atoms with E-state index >= 15 is 0 Å². The predicted octanol–water partition coefficient (Wildman–Crippen LogP) is 6.16. The summed E-state index contributed by atoms with van der Waals surface area (Å²) < 4.78 is 12.3. The summed E-state index contributed by atoms with van der Waals surface area (Å²) in [5.74, 6) is 1.96. The lowest BCUT2D eigenvalue weighted by Gasteiger charge is -2.44. The van der Waals surface area contributed by atoms with E-state index < -0.39 is 0 Å². The van der Waals surface area contributed by atoms with Crippen molar-refractivity contribution >= 4 is 28.9 Å². The first-order chi connectivity index (χ1) is 18.3. The number of nitrogens with one attached hydrogen (secondary N) is 1. The Morgan fingerprint density at radius 1 is 1.24 bits per heavy atom. The predicted molar refractivity (Wildman–Crippen MR) is 152 cm³/mol. The first-order valence-corrected chi connectivity index (χ1v) is 14.2. The Kier molecular flexibility index (Phi) is 6.23. The van der Waals surface area contributed by atoms with Gasteiger partial charge in [0.15, 0.2) is 11.5 Å². The first kappa shape index (κ1) is 25.0. The van der Waals surface area contributed by atoms with Crippen molar-refractivity contribution in [2.24, 2.45) is 5.92 Å². The van der Waals surface area contributed by atoms with Gasteiger partial charge in [0, 0.05) is 41.0 Å². The van der Waals surface area contributed by atoms with E-state index in [1.807, 2.05) is 22.4 Å². The van der Waals surface area contributed by atoms with Crippen LogP contribution in [0.25, 0.3) is 11.6 Å². The third-order valence-corrected chi connectivity index (χ3v) is 8.80. The van der Waals surface area contributed by atoms with Crippen molar-refractivity contribution in [3.8, 4) is 17.2 Å². The van der Waals surface area contributed by atoms with E-state index in [0.29, 0.717) is 11.5 Å². The van der Waals surface area contributed by atoms with Crippen LogP contribution in [0.15, 0.2) is 58.7 Å². The lowest BCUT2D eigenvalue weighted by atomic mass is 9.71. The number of piperidine rings is 1. The van der Waals surface area contributed by atoms with Crippen molar-refractivity contribution in [3.05, 3.63) is 74.7 Å². The fourth-order valence-electron chi connectivity index (χ4n) is 6.40. The second-order valence-electron chi connectivity index (χ2n) is 11.1. The van der Waals surface area contributed by atoms with E-state index in [1.165, 1.54) is 12.0 Å². The maximum absolute atomic E-state index is 13.5. The fourth-order valence-corrected chi connectivity index (χ4v) is 7.21. The largest absolute Gasteiger partial charge is 0.504 e. The number of hydrogen-bond acceptors (Lipinski definition) is 6. The van der Waals surface area contributed by atoms with Crippen molar-refractivity contribution in [3.63, 3.8) is 0 Å². The molecule has 3 aliphatic heterocycles. The van der Waals surface area contributed by atoms with Crippen LogP contribution in [0.2, 0.25) is 0 Å². The molecule has 198 valence electrons. The topological polar surface area (TPSA) is 71.0 Å². The molecule has 1 aromatic heterocycles. The molecule has 6 rings (SSSR count). The lowest BCUT2D eigenvalue weighted by Crippen LogP contribution is -2.52. The number of hydrogen-bond donors (Lipinski definition) is 2. The smallest absolute Gasteiger partial charge is 0.255 e. The minimum Gasteiger partial charge on any atom is -0.504 e. The average Bonchev–Trinajstić information content (AvgIpc) is 3.36. The highest BCUT2D eigenvalue weighted by Crippen LogP contribution is 2.53. The average molecular weight is 531 g/mol. The fraction of sp³-hybridized carbons (Fsp3) is 0.387. The molecule has 6 nitrogen and oxygen atoms in total. The maximum atomic E-state index is 13.5. The summed E-state index contributed by atoms with van der Waals surface area (Å²) in [6.07, 6.45) is 11.9. The minimum atomic E-state index is -0.136. The third-order valence-electron chi connectivity index (χ3n) is 7.94. The Bertz CT molecular complexity index is 1420. The number of likely N-dealkylation sites (tertiary alicyclic amines) is 1. The second kappa shape index (κ2) is 9.47. The third kappa shape index (κ3) is 4.18.